The number of nitrogens with one attached hydrogen (secondary N) is 1. The fourth-order valence-electron chi connectivity index (χ4n) is 2.51. The van der Waals surface area contributed by atoms with Gasteiger partial charge in [-0.15, -0.1) is 0 Å². The molecule has 0 bridgehead atoms. The highest BCUT2D eigenvalue weighted by Crippen LogP contribution is 2.23. The number of carbonyl (C=O) groups is 2. The second-order valence-electron chi connectivity index (χ2n) is 5.54. The third kappa shape index (κ3) is 4.06. The number of hydrogen-bond acceptors (Lipinski definition) is 2. The molecule has 1 heterocycles. The van der Waals surface area contributed by atoms with Gasteiger partial charge in [-0.1, -0.05) is 29.3 Å². The van der Waals surface area contributed by atoms with Crippen molar-refractivity contribution >= 4 is 33.4 Å². The number of nitrogens with zero attached hydrogens (tertiary/aromatic N) is 1. The maximum Gasteiger partial charge on any atom is 0.229 e. The maximum atomic E-state index is 12.3. The molecule has 1 fully saturated rings. The summed E-state index contributed by atoms with van der Waals surface area (Å²) in [7, 11) is 0. The minimum Gasteiger partial charge on any atom is -0.342 e. The first-order valence-electron chi connectivity index (χ1n) is 7.36. The Hall–Kier alpha value is -1.36. The van der Waals surface area contributed by atoms with E-state index in [1.807, 2.05) is 30.0 Å². The van der Waals surface area contributed by atoms with E-state index >= 15 is 0 Å². The second-order valence-corrected chi connectivity index (χ2v) is 6.46. The Labute approximate surface area is 134 Å². The average molecular weight is 353 g/mol. The van der Waals surface area contributed by atoms with Crippen molar-refractivity contribution in [2.75, 3.05) is 18.4 Å². The van der Waals surface area contributed by atoms with Crippen LogP contribution < -0.4 is 5.32 Å². The van der Waals surface area contributed by atoms with E-state index in [0.717, 1.165) is 35.1 Å². The second kappa shape index (κ2) is 7.07. The molecule has 0 unspecified atom stereocenters. The molecule has 5 heteroatoms. The largest absolute Gasteiger partial charge is 0.342 e. The van der Waals surface area contributed by atoms with Crippen LogP contribution in [0.25, 0.3) is 0 Å². The lowest BCUT2D eigenvalue weighted by Crippen LogP contribution is -2.29. The van der Waals surface area contributed by atoms with Crippen LogP contribution in [0.2, 0.25) is 0 Å². The molecule has 2 rings (SSSR count). The van der Waals surface area contributed by atoms with Gasteiger partial charge in [-0.2, -0.15) is 0 Å². The summed E-state index contributed by atoms with van der Waals surface area (Å²) >= 11 is 3.40. The van der Waals surface area contributed by atoms with Crippen LogP contribution in [0.1, 0.15) is 31.7 Å². The molecule has 4 nitrogen and oxygen atoms in total. The lowest BCUT2D eigenvalue weighted by Gasteiger charge is -2.16. The number of likely N-dealkylation sites (tertiary alicyclic amines) is 1. The highest BCUT2D eigenvalue weighted by molar-refractivity contribution is 9.10. The highest BCUT2D eigenvalue weighted by atomic mass is 79.9. The van der Waals surface area contributed by atoms with Gasteiger partial charge >= 0.3 is 0 Å². The molecule has 1 aliphatic rings. The molecule has 1 atom stereocenters. The van der Waals surface area contributed by atoms with E-state index in [4.69, 9.17) is 0 Å². The van der Waals surface area contributed by atoms with E-state index < -0.39 is 0 Å². The van der Waals surface area contributed by atoms with Crippen LogP contribution >= 0.6 is 15.9 Å². The van der Waals surface area contributed by atoms with Gasteiger partial charge in [0.25, 0.3) is 0 Å². The summed E-state index contributed by atoms with van der Waals surface area (Å²) in [6.45, 7) is 5.35. The molecule has 0 aromatic heterocycles. The molecule has 0 radical (unpaired) electrons. The summed E-state index contributed by atoms with van der Waals surface area (Å²) in [6, 6.07) is 5.74. The minimum absolute atomic E-state index is 0.0622. The van der Waals surface area contributed by atoms with Gasteiger partial charge in [-0.25, -0.2) is 0 Å². The molecule has 1 aromatic rings. The topological polar surface area (TPSA) is 49.4 Å². The average Bonchev–Trinajstić information content (AvgIpc) is 2.81. The number of carbonyl (C=O) groups excluding carboxylic acids is 2. The zero-order chi connectivity index (χ0) is 15.4. The minimum atomic E-state index is -0.239. The molecule has 2 amide bonds. The van der Waals surface area contributed by atoms with Crippen molar-refractivity contribution in [3.05, 3.63) is 28.2 Å². The summed E-state index contributed by atoms with van der Waals surface area (Å²) in [4.78, 5) is 26.0. The predicted molar refractivity (Wildman–Crippen MR) is 87.1 cm³/mol. The van der Waals surface area contributed by atoms with Gasteiger partial charge in [0.1, 0.15) is 0 Å². The van der Waals surface area contributed by atoms with E-state index in [0.29, 0.717) is 13.0 Å². The zero-order valence-electron chi connectivity index (χ0n) is 12.5. The molecule has 0 aliphatic carbocycles. The van der Waals surface area contributed by atoms with E-state index in [-0.39, 0.29) is 17.7 Å². The predicted octanol–water partition coefficient (Wildman–Crippen LogP) is 3.34. The third-order valence-electron chi connectivity index (χ3n) is 3.81. The van der Waals surface area contributed by atoms with Crippen LogP contribution in [0.15, 0.2) is 22.7 Å². The normalized spacial score (nSPS) is 18.1. The number of anilines is 1. The van der Waals surface area contributed by atoms with E-state index in [1.54, 1.807) is 0 Å². The van der Waals surface area contributed by atoms with E-state index in [1.165, 1.54) is 0 Å². The monoisotopic (exact) mass is 352 g/mol. The zero-order valence-corrected chi connectivity index (χ0v) is 14.1. The Kier molecular flexibility index (Phi) is 5.39. The lowest BCUT2D eigenvalue weighted by atomic mass is 10.1. The standard InChI is InChI=1S/C16H21BrN2O2/c1-3-4-7-19-10-12(9-15(19)20)16(21)18-14-6-5-13(17)8-11(14)2/h5-6,8,12H,3-4,7,9-10H2,1-2H3,(H,18,21)/t12-/m0/s1. The van der Waals surface area contributed by atoms with Crippen LogP contribution in [0.4, 0.5) is 5.69 Å². The van der Waals surface area contributed by atoms with Gasteiger partial charge in [0.05, 0.1) is 5.92 Å². The molecule has 0 spiro atoms. The summed E-state index contributed by atoms with van der Waals surface area (Å²) in [5, 5.41) is 2.94. The molecule has 1 N–H and O–H groups in total. The molecule has 21 heavy (non-hydrogen) atoms. The Morgan fingerprint density at radius 1 is 1.48 bits per heavy atom. The first-order valence-corrected chi connectivity index (χ1v) is 8.15. The van der Waals surface area contributed by atoms with Crippen LogP contribution in [0.5, 0.6) is 0 Å². The number of benzene rings is 1. The van der Waals surface area contributed by atoms with Crippen LogP contribution in [0, 0.1) is 12.8 Å². The molecule has 0 saturated carbocycles. The van der Waals surface area contributed by atoms with Gasteiger partial charge in [0.15, 0.2) is 0 Å². The number of halogens is 1. The first kappa shape index (κ1) is 16.0. The Morgan fingerprint density at radius 2 is 2.24 bits per heavy atom. The number of rotatable bonds is 5. The van der Waals surface area contributed by atoms with Crippen molar-refractivity contribution in [2.24, 2.45) is 5.92 Å². The summed E-state index contributed by atoms with van der Waals surface area (Å²) in [5.41, 5.74) is 1.81. The summed E-state index contributed by atoms with van der Waals surface area (Å²) < 4.78 is 0.986. The number of aryl methyl sites for hydroxylation is 1. The smallest absolute Gasteiger partial charge is 0.229 e. The maximum absolute atomic E-state index is 12.3. The molecule has 1 saturated heterocycles. The van der Waals surface area contributed by atoms with Crippen molar-refractivity contribution in [3.63, 3.8) is 0 Å². The molecular formula is C16H21BrN2O2. The molecule has 1 aliphatic heterocycles. The Balaban J connectivity index is 1.96. The van der Waals surface area contributed by atoms with Crippen molar-refractivity contribution in [1.29, 1.82) is 0 Å². The Bertz CT molecular complexity index is 545. The van der Waals surface area contributed by atoms with Gasteiger partial charge in [-0.3, -0.25) is 9.59 Å². The van der Waals surface area contributed by atoms with Gasteiger partial charge < -0.3 is 10.2 Å². The van der Waals surface area contributed by atoms with Crippen LogP contribution in [-0.2, 0) is 9.59 Å². The summed E-state index contributed by atoms with van der Waals surface area (Å²) in [6.07, 6.45) is 2.37. The van der Waals surface area contributed by atoms with Crippen molar-refractivity contribution < 1.29 is 9.59 Å². The SMILES string of the molecule is CCCCN1C[C@@H](C(=O)Nc2ccc(Br)cc2C)CC1=O. The van der Waals surface area contributed by atoms with Crippen molar-refractivity contribution in [3.8, 4) is 0 Å². The molecule has 1 aromatic carbocycles. The number of amides is 2. The molecular weight excluding hydrogens is 332 g/mol. The Morgan fingerprint density at radius 3 is 2.90 bits per heavy atom. The van der Waals surface area contributed by atoms with Crippen LogP contribution in [0.3, 0.4) is 0 Å². The highest BCUT2D eigenvalue weighted by Gasteiger charge is 2.33. The third-order valence-corrected chi connectivity index (χ3v) is 4.31. The molecule has 114 valence electrons. The van der Waals surface area contributed by atoms with E-state index in [2.05, 4.69) is 28.2 Å². The first-order chi connectivity index (χ1) is 10.0. The lowest BCUT2D eigenvalue weighted by molar-refractivity contribution is -0.128. The quantitative estimate of drug-likeness (QED) is 0.883. The fraction of sp³-hybridized carbons (Fsp3) is 0.500. The number of unbranched alkanes of at least 4 members (excludes halogenated alkanes) is 1. The summed E-state index contributed by atoms with van der Waals surface area (Å²) in [5.74, 6) is -0.207. The van der Waals surface area contributed by atoms with Crippen molar-refractivity contribution in [1.82, 2.24) is 4.90 Å². The van der Waals surface area contributed by atoms with Crippen LogP contribution in [-0.4, -0.2) is 29.8 Å². The van der Waals surface area contributed by atoms with Gasteiger partial charge in [0.2, 0.25) is 11.8 Å². The van der Waals surface area contributed by atoms with E-state index in [9.17, 15) is 9.59 Å². The number of hydrogen-bond donors (Lipinski definition) is 1. The van der Waals surface area contributed by atoms with Gasteiger partial charge in [-0.05, 0) is 37.1 Å². The van der Waals surface area contributed by atoms with Gasteiger partial charge in [0, 0.05) is 29.7 Å². The van der Waals surface area contributed by atoms with Crippen molar-refractivity contribution in [2.45, 2.75) is 33.1 Å². The fourth-order valence-corrected chi connectivity index (χ4v) is 2.99.